The van der Waals surface area contributed by atoms with Crippen molar-refractivity contribution in [3.8, 4) is 0 Å². The van der Waals surface area contributed by atoms with E-state index in [-0.39, 0.29) is 12.8 Å². The van der Waals surface area contributed by atoms with Crippen LogP contribution < -0.4 is 5.32 Å². The predicted octanol–water partition coefficient (Wildman–Crippen LogP) is 2.32. The molecule has 1 rings (SSSR count). The van der Waals surface area contributed by atoms with E-state index >= 15 is 0 Å². The highest BCUT2D eigenvalue weighted by molar-refractivity contribution is 4.86. The number of hydrogen-bond acceptors (Lipinski definition) is 2. The summed E-state index contributed by atoms with van der Waals surface area (Å²) in [6.07, 6.45) is -3.06. The lowest BCUT2D eigenvalue weighted by molar-refractivity contribution is -0.190. The van der Waals surface area contributed by atoms with Crippen LogP contribution in [0.2, 0.25) is 0 Å². The molecule has 2 unspecified atom stereocenters. The Balaban J connectivity index is 2.55. The average molecular weight is 261 g/mol. The first-order valence-corrected chi connectivity index (χ1v) is 5.55. The minimum absolute atomic E-state index is 0.0220. The fraction of sp³-hybridized carbons (Fsp3) is 1.00. The molecule has 2 nitrogen and oxygen atoms in total. The van der Waals surface area contributed by atoms with Gasteiger partial charge >= 0.3 is 6.18 Å². The summed E-state index contributed by atoms with van der Waals surface area (Å²) in [5.41, 5.74) is 0. The van der Waals surface area contributed by atoms with E-state index in [1.165, 1.54) is 0 Å². The summed E-state index contributed by atoms with van der Waals surface area (Å²) < 4.78 is 63.3. The zero-order valence-corrected chi connectivity index (χ0v) is 9.23. The third-order valence-electron chi connectivity index (χ3n) is 3.04. The van der Waals surface area contributed by atoms with Crippen molar-refractivity contribution in [2.45, 2.75) is 43.8 Å². The minimum atomic E-state index is -4.35. The smallest absolute Gasteiger partial charge is 0.390 e. The van der Waals surface area contributed by atoms with Crippen LogP contribution >= 0.6 is 0 Å². The van der Waals surface area contributed by atoms with Gasteiger partial charge in [-0.2, -0.15) is 13.2 Å². The average Bonchev–Trinajstić information content (AvgIpc) is 2.26. The van der Waals surface area contributed by atoms with Crippen LogP contribution in [-0.4, -0.2) is 36.4 Å². The molecule has 0 aromatic heterocycles. The van der Waals surface area contributed by atoms with Gasteiger partial charge in [0.25, 0.3) is 5.92 Å². The van der Waals surface area contributed by atoms with Crippen molar-refractivity contribution in [1.82, 2.24) is 5.32 Å². The van der Waals surface area contributed by atoms with Crippen molar-refractivity contribution in [1.29, 1.82) is 0 Å². The molecule has 0 heterocycles. The molecule has 2 N–H and O–H groups in total. The normalized spacial score (nSPS) is 27.2. The Labute approximate surface area is 96.2 Å². The fourth-order valence-electron chi connectivity index (χ4n) is 2.10. The van der Waals surface area contributed by atoms with E-state index in [1.54, 1.807) is 0 Å². The molecule has 102 valence electrons. The van der Waals surface area contributed by atoms with Gasteiger partial charge in [0.2, 0.25) is 0 Å². The molecule has 0 spiro atoms. The highest BCUT2D eigenvalue weighted by atomic mass is 19.4. The van der Waals surface area contributed by atoms with Crippen molar-refractivity contribution in [2.24, 2.45) is 5.92 Å². The van der Waals surface area contributed by atoms with Gasteiger partial charge in [0, 0.05) is 6.04 Å². The quantitative estimate of drug-likeness (QED) is 0.761. The minimum Gasteiger partial charge on any atom is -0.390 e. The summed E-state index contributed by atoms with van der Waals surface area (Å²) in [5.74, 6) is -4.93. The fourth-order valence-corrected chi connectivity index (χ4v) is 2.10. The lowest BCUT2D eigenvalue weighted by Crippen LogP contribution is -2.49. The lowest BCUT2D eigenvalue weighted by atomic mass is 9.84. The molecule has 1 aliphatic rings. The standard InChI is InChI=1S/C10H16F5NO/c11-9(12,6-17)5-16-8-4-2-1-3-7(8)10(13,14)15/h7-8,16-17H,1-6H2. The molecule has 0 saturated heterocycles. The molecule has 1 fully saturated rings. The Morgan fingerprint density at radius 1 is 1.06 bits per heavy atom. The Morgan fingerprint density at radius 2 is 1.65 bits per heavy atom. The molecule has 0 amide bonds. The predicted molar refractivity (Wildman–Crippen MR) is 51.8 cm³/mol. The zero-order valence-electron chi connectivity index (χ0n) is 9.23. The molecule has 0 aromatic carbocycles. The first-order chi connectivity index (χ1) is 7.76. The van der Waals surface area contributed by atoms with Gasteiger partial charge in [-0.25, -0.2) is 8.78 Å². The van der Waals surface area contributed by atoms with E-state index in [0.29, 0.717) is 12.8 Å². The molecule has 17 heavy (non-hydrogen) atoms. The Kier molecular flexibility index (Phi) is 4.71. The Morgan fingerprint density at radius 3 is 2.18 bits per heavy atom. The maximum atomic E-state index is 12.7. The second-order valence-electron chi connectivity index (χ2n) is 4.43. The van der Waals surface area contributed by atoms with Gasteiger partial charge in [0.1, 0.15) is 6.61 Å². The second-order valence-corrected chi connectivity index (χ2v) is 4.43. The van der Waals surface area contributed by atoms with E-state index < -0.39 is 37.2 Å². The maximum Gasteiger partial charge on any atom is 0.393 e. The summed E-state index contributed by atoms with van der Waals surface area (Å²) in [5, 5.41) is 10.6. The first kappa shape index (κ1) is 14.6. The molecular weight excluding hydrogens is 245 g/mol. The van der Waals surface area contributed by atoms with Gasteiger partial charge in [0.15, 0.2) is 0 Å². The molecule has 7 heteroatoms. The highest BCUT2D eigenvalue weighted by Crippen LogP contribution is 2.37. The van der Waals surface area contributed by atoms with Crippen LogP contribution in [0.3, 0.4) is 0 Å². The van der Waals surface area contributed by atoms with Crippen LogP contribution in [0.4, 0.5) is 22.0 Å². The molecule has 0 bridgehead atoms. The van der Waals surface area contributed by atoms with Crippen LogP contribution in [-0.2, 0) is 0 Å². The van der Waals surface area contributed by atoms with Gasteiger partial charge in [0.05, 0.1) is 12.5 Å². The van der Waals surface area contributed by atoms with E-state index in [2.05, 4.69) is 5.32 Å². The first-order valence-electron chi connectivity index (χ1n) is 5.55. The van der Waals surface area contributed by atoms with Crippen molar-refractivity contribution in [2.75, 3.05) is 13.2 Å². The number of hydrogen-bond donors (Lipinski definition) is 2. The molecular formula is C10H16F5NO. The van der Waals surface area contributed by atoms with Crippen LogP contribution in [0.5, 0.6) is 0 Å². The van der Waals surface area contributed by atoms with E-state index in [4.69, 9.17) is 5.11 Å². The van der Waals surface area contributed by atoms with Gasteiger partial charge in [-0.3, -0.25) is 0 Å². The lowest BCUT2D eigenvalue weighted by Gasteiger charge is -2.34. The second kappa shape index (κ2) is 5.48. The van der Waals surface area contributed by atoms with Crippen LogP contribution in [0.15, 0.2) is 0 Å². The third kappa shape index (κ3) is 4.39. The van der Waals surface area contributed by atoms with Crippen LogP contribution in [0.25, 0.3) is 0 Å². The molecule has 0 aromatic rings. The van der Waals surface area contributed by atoms with E-state index in [0.717, 1.165) is 0 Å². The summed E-state index contributed by atoms with van der Waals surface area (Å²) in [6.45, 7) is -2.27. The number of alkyl halides is 5. The summed E-state index contributed by atoms with van der Waals surface area (Å²) >= 11 is 0. The maximum absolute atomic E-state index is 12.7. The van der Waals surface area contributed by atoms with E-state index in [1.807, 2.05) is 0 Å². The summed E-state index contributed by atoms with van der Waals surface area (Å²) in [6, 6.07) is -0.971. The van der Waals surface area contributed by atoms with Crippen molar-refractivity contribution >= 4 is 0 Å². The molecule has 0 aliphatic heterocycles. The number of rotatable bonds is 4. The van der Waals surface area contributed by atoms with Crippen LogP contribution in [0.1, 0.15) is 25.7 Å². The van der Waals surface area contributed by atoms with Crippen LogP contribution in [0, 0.1) is 5.92 Å². The summed E-state index contributed by atoms with van der Waals surface area (Å²) in [7, 11) is 0. The number of halogens is 5. The monoisotopic (exact) mass is 261 g/mol. The molecule has 0 radical (unpaired) electrons. The zero-order chi connectivity index (χ0) is 13.1. The molecule has 1 aliphatic carbocycles. The largest absolute Gasteiger partial charge is 0.393 e. The molecule has 2 atom stereocenters. The van der Waals surface area contributed by atoms with Gasteiger partial charge in [-0.05, 0) is 12.8 Å². The third-order valence-corrected chi connectivity index (χ3v) is 3.04. The van der Waals surface area contributed by atoms with Gasteiger partial charge in [-0.1, -0.05) is 12.8 Å². The SMILES string of the molecule is OCC(F)(F)CNC1CCCCC1C(F)(F)F. The number of aliphatic hydroxyl groups excluding tert-OH is 1. The van der Waals surface area contributed by atoms with Gasteiger partial charge in [-0.15, -0.1) is 0 Å². The van der Waals surface area contributed by atoms with Gasteiger partial charge < -0.3 is 10.4 Å². The topological polar surface area (TPSA) is 32.3 Å². The number of nitrogens with one attached hydrogen (secondary N) is 1. The number of aliphatic hydroxyl groups is 1. The Hall–Kier alpha value is -0.430. The van der Waals surface area contributed by atoms with E-state index in [9.17, 15) is 22.0 Å². The van der Waals surface area contributed by atoms with Crippen molar-refractivity contribution in [3.05, 3.63) is 0 Å². The Bertz CT molecular complexity index is 243. The van der Waals surface area contributed by atoms with Crippen molar-refractivity contribution < 1.29 is 27.1 Å². The van der Waals surface area contributed by atoms with Crippen molar-refractivity contribution in [3.63, 3.8) is 0 Å². The molecule has 1 saturated carbocycles. The highest BCUT2D eigenvalue weighted by Gasteiger charge is 2.46. The summed E-state index contributed by atoms with van der Waals surface area (Å²) in [4.78, 5) is 0.